The van der Waals surface area contributed by atoms with Gasteiger partial charge in [0.1, 0.15) is 5.75 Å². The fourth-order valence-electron chi connectivity index (χ4n) is 3.39. The van der Waals surface area contributed by atoms with E-state index in [4.69, 9.17) is 4.74 Å². The Morgan fingerprint density at radius 1 is 1.00 bits per heavy atom. The van der Waals surface area contributed by atoms with E-state index in [1.807, 2.05) is 6.20 Å². The summed E-state index contributed by atoms with van der Waals surface area (Å²) >= 11 is 1.74. The van der Waals surface area contributed by atoms with Crippen LogP contribution >= 0.6 is 23.7 Å². The summed E-state index contributed by atoms with van der Waals surface area (Å²) in [6.45, 7) is 13.2. The molecule has 0 aliphatic carbocycles. The highest BCUT2D eigenvalue weighted by atomic mass is 35.5. The molecule has 1 aliphatic heterocycles. The molecule has 0 amide bonds. The zero-order valence-electron chi connectivity index (χ0n) is 17.4. The molecule has 2 aromatic rings. The van der Waals surface area contributed by atoms with Gasteiger partial charge in [0, 0.05) is 37.8 Å². The number of thiazole rings is 1. The summed E-state index contributed by atoms with van der Waals surface area (Å²) in [5.41, 5.74) is 1.55. The number of hydrogen-bond acceptors (Lipinski definition) is 5. The Morgan fingerprint density at radius 2 is 1.71 bits per heavy atom. The van der Waals surface area contributed by atoms with E-state index in [2.05, 4.69) is 65.2 Å². The standard InChI is InChI=1S/C22H33N3OS.ClH/c1-22(2,3)19-7-9-20(10-8-19)26-17-6-4-5-12-24-13-15-25(16-14-24)21-23-11-18-27-21;/h7-11,18H,4-6,12-17H2,1-3H3;1H. The Morgan fingerprint density at radius 3 is 2.32 bits per heavy atom. The Hall–Kier alpha value is -1.30. The molecule has 0 atom stereocenters. The van der Waals surface area contributed by atoms with Gasteiger partial charge in [-0.05, 0) is 48.9 Å². The number of hydrogen-bond donors (Lipinski definition) is 0. The molecule has 1 aromatic heterocycles. The molecule has 0 unspecified atom stereocenters. The van der Waals surface area contributed by atoms with Gasteiger partial charge in [0.15, 0.2) is 5.13 Å². The highest BCUT2D eigenvalue weighted by Crippen LogP contribution is 2.24. The molecule has 1 saturated heterocycles. The van der Waals surface area contributed by atoms with E-state index < -0.39 is 0 Å². The van der Waals surface area contributed by atoms with Gasteiger partial charge in [0.2, 0.25) is 0 Å². The van der Waals surface area contributed by atoms with Gasteiger partial charge in [-0.1, -0.05) is 32.9 Å². The Kier molecular flexibility index (Phi) is 9.06. The molecule has 4 nitrogen and oxygen atoms in total. The Balaban J connectivity index is 0.00000280. The Labute approximate surface area is 180 Å². The predicted octanol–water partition coefficient (Wildman–Crippen LogP) is 5.23. The minimum atomic E-state index is 0. The number of anilines is 1. The van der Waals surface area contributed by atoms with Crippen LogP contribution in [0.15, 0.2) is 35.8 Å². The van der Waals surface area contributed by atoms with Gasteiger partial charge >= 0.3 is 0 Å². The molecule has 1 aromatic carbocycles. The van der Waals surface area contributed by atoms with E-state index in [1.54, 1.807) is 11.3 Å². The monoisotopic (exact) mass is 423 g/mol. The van der Waals surface area contributed by atoms with Gasteiger partial charge in [0.25, 0.3) is 0 Å². The van der Waals surface area contributed by atoms with Crippen LogP contribution in [0, 0.1) is 0 Å². The topological polar surface area (TPSA) is 28.6 Å². The van der Waals surface area contributed by atoms with Gasteiger partial charge in [0.05, 0.1) is 6.61 Å². The van der Waals surface area contributed by atoms with Crippen LogP contribution in [-0.2, 0) is 5.41 Å². The van der Waals surface area contributed by atoms with Crippen molar-refractivity contribution in [2.45, 2.75) is 45.4 Å². The lowest BCUT2D eigenvalue weighted by atomic mass is 9.87. The Bertz CT molecular complexity index is 662. The molecule has 1 fully saturated rings. The second-order valence-electron chi connectivity index (χ2n) is 8.33. The largest absolute Gasteiger partial charge is 0.494 e. The number of unbranched alkanes of at least 4 members (excludes halogenated alkanes) is 2. The quantitative estimate of drug-likeness (QED) is 0.543. The number of ether oxygens (including phenoxy) is 1. The van der Waals surface area contributed by atoms with Gasteiger partial charge in [-0.15, -0.1) is 23.7 Å². The third-order valence-corrected chi connectivity index (χ3v) is 6.00. The second kappa shape index (κ2) is 11.0. The molecule has 0 saturated carbocycles. The normalized spacial score (nSPS) is 15.3. The highest BCUT2D eigenvalue weighted by Gasteiger charge is 2.18. The van der Waals surface area contributed by atoms with E-state index in [0.29, 0.717) is 0 Å². The molecule has 0 spiro atoms. The summed E-state index contributed by atoms with van der Waals surface area (Å²) in [6, 6.07) is 8.56. The van der Waals surface area contributed by atoms with Crippen molar-refractivity contribution in [3.63, 3.8) is 0 Å². The maximum Gasteiger partial charge on any atom is 0.185 e. The molecule has 1 aliphatic rings. The lowest BCUT2D eigenvalue weighted by Crippen LogP contribution is -2.46. The van der Waals surface area contributed by atoms with Crippen molar-refractivity contribution >= 4 is 28.9 Å². The summed E-state index contributed by atoms with van der Waals surface area (Å²) in [7, 11) is 0. The van der Waals surface area contributed by atoms with Crippen LogP contribution in [0.5, 0.6) is 5.75 Å². The summed E-state index contributed by atoms with van der Waals surface area (Å²) in [5.74, 6) is 0.987. The van der Waals surface area contributed by atoms with Crippen molar-refractivity contribution in [2.24, 2.45) is 0 Å². The van der Waals surface area contributed by atoms with Crippen LogP contribution in [0.3, 0.4) is 0 Å². The fraction of sp³-hybridized carbons (Fsp3) is 0.591. The smallest absolute Gasteiger partial charge is 0.185 e. The molecule has 6 heteroatoms. The molecule has 3 rings (SSSR count). The molecular formula is C22H34ClN3OS. The first-order valence-electron chi connectivity index (χ1n) is 10.1. The molecule has 0 radical (unpaired) electrons. The first-order chi connectivity index (χ1) is 13.0. The lowest BCUT2D eigenvalue weighted by molar-refractivity contribution is 0.246. The zero-order valence-corrected chi connectivity index (χ0v) is 19.0. The minimum Gasteiger partial charge on any atom is -0.494 e. The molecular weight excluding hydrogens is 390 g/mol. The highest BCUT2D eigenvalue weighted by molar-refractivity contribution is 7.13. The first kappa shape index (κ1) is 23.0. The molecule has 156 valence electrons. The lowest BCUT2D eigenvalue weighted by Gasteiger charge is -2.34. The second-order valence-corrected chi connectivity index (χ2v) is 9.20. The van der Waals surface area contributed by atoms with Crippen LogP contribution in [0.2, 0.25) is 0 Å². The number of piperazine rings is 1. The number of aromatic nitrogens is 1. The van der Waals surface area contributed by atoms with Crippen LogP contribution in [0.1, 0.15) is 45.6 Å². The zero-order chi connectivity index (χ0) is 19.1. The summed E-state index contributed by atoms with van der Waals surface area (Å²) in [4.78, 5) is 9.40. The van der Waals surface area contributed by atoms with Crippen molar-refractivity contribution in [3.8, 4) is 5.75 Å². The molecule has 2 heterocycles. The van der Waals surface area contributed by atoms with Crippen LogP contribution < -0.4 is 9.64 Å². The van der Waals surface area contributed by atoms with Gasteiger partial charge in [-0.3, -0.25) is 4.90 Å². The SMILES string of the molecule is CC(C)(C)c1ccc(OCCCCCN2CCN(c3nccs3)CC2)cc1.Cl. The molecule has 0 bridgehead atoms. The van der Waals surface area contributed by atoms with E-state index >= 15 is 0 Å². The van der Waals surface area contributed by atoms with Crippen LogP contribution in [-0.4, -0.2) is 49.2 Å². The average Bonchev–Trinajstić information content (AvgIpc) is 3.19. The summed E-state index contributed by atoms with van der Waals surface area (Å²) < 4.78 is 5.90. The average molecular weight is 424 g/mol. The number of nitrogens with zero attached hydrogens (tertiary/aromatic N) is 3. The van der Waals surface area contributed by atoms with Crippen molar-refractivity contribution in [1.29, 1.82) is 0 Å². The fourth-order valence-corrected chi connectivity index (χ4v) is 4.09. The van der Waals surface area contributed by atoms with E-state index in [0.717, 1.165) is 45.0 Å². The molecule has 0 N–H and O–H groups in total. The maximum atomic E-state index is 5.90. The van der Waals surface area contributed by atoms with E-state index in [-0.39, 0.29) is 17.8 Å². The summed E-state index contributed by atoms with van der Waals surface area (Å²) in [6.07, 6.45) is 5.50. The number of halogens is 1. The van der Waals surface area contributed by atoms with Gasteiger partial charge in [-0.25, -0.2) is 4.98 Å². The first-order valence-corrected chi connectivity index (χ1v) is 11.0. The third kappa shape index (κ3) is 6.94. The minimum absolute atomic E-state index is 0. The number of benzene rings is 1. The predicted molar refractivity (Wildman–Crippen MR) is 123 cm³/mol. The van der Waals surface area contributed by atoms with Gasteiger partial charge < -0.3 is 9.64 Å². The van der Waals surface area contributed by atoms with Crippen molar-refractivity contribution < 1.29 is 4.74 Å². The van der Waals surface area contributed by atoms with Crippen molar-refractivity contribution in [3.05, 3.63) is 41.4 Å². The van der Waals surface area contributed by atoms with Gasteiger partial charge in [-0.2, -0.15) is 0 Å². The van der Waals surface area contributed by atoms with Crippen molar-refractivity contribution in [2.75, 3.05) is 44.2 Å². The van der Waals surface area contributed by atoms with Crippen LogP contribution in [0.25, 0.3) is 0 Å². The van der Waals surface area contributed by atoms with Crippen LogP contribution in [0.4, 0.5) is 5.13 Å². The number of rotatable bonds is 8. The van der Waals surface area contributed by atoms with Crippen molar-refractivity contribution in [1.82, 2.24) is 9.88 Å². The van der Waals surface area contributed by atoms with E-state index in [1.165, 1.54) is 30.1 Å². The molecule has 28 heavy (non-hydrogen) atoms. The van der Waals surface area contributed by atoms with E-state index in [9.17, 15) is 0 Å². The maximum absolute atomic E-state index is 5.90. The summed E-state index contributed by atoms with van der Waals surface area (Å²) in [5, 5.41) is 3.23. The third-order valence-electron chi connectivity index (χ3n) is 5.17.